The van der Waals surface area contributed by atoms with Gasteiger partial charge in [-0.15, -0.1) is 0 Å². The lowest BCUT2D eigenvalue weighted by Gasteiger charge is -2.13. The molecule has 0 saturated carbocycles. The SMILES string of the molecule is COCCCNC(=O)c1ccccc1NC(=O)C(=Cc1ccco1)c1ccccc1. The van der Waals surface area contributed by atoms with Gasteiger partial charge in [-0.1, -0.05) is 42.5 Å². The van der Waals surface area contributed by atoms with Crippen molar-refractivity contribution in [1.29, 1.82) is 0 Å². The molecule has 0 atom stereocenters. The summed E-state index contributed by atoms with van der Waals surface area (Å²) >= 11 is 0. The molecule has 3 aromatic rings. The summed E-state index contributed by atoms with van der Waals surface area (Å²) in [5.74, 6) is -0.0244. The second kappa shape index (κ2) is 10.8. The van der Waals surface area contributed by atoms with Crippen LogP contribution in [0.25, 0.3) is 11.6 Å². The van der Waals surface area contributed by atoms with E-state index in [1.165, 1.54) is 0 Å². The van der Waals surface area contributed by atoms with E-state index in [0.29, 0.717) is 42.2 Å². The number of anilines is 1. The van der Waals surface area contributed by atoms with Gasteiger partial charge in [-0.3, -0.25) is 9.59 Å². The fourth-order valence-electron chi connectivity index (χ4n) is 2.91. The Morgan fingerprint density at radius 2 is 1.77 bits per heavy atom. The Bertz CT molecular complexity index is 995. The predicted octanol–water partition coefficient (Wildman–Crippen LogP) is 4.23. The number of benzene rings is 2. The Morgan fingerprint density at radius 1 is 1.00 bits per heavy atom. The van der Waals surface area contributed by atoms with E-state index in [1.807, 2.05) is 30.3 Å². The van der Waals surface area contributed by atoms with Crippen LogP contribution >= 0.6 is 0 Å². The van der Waals surface area contributed by atoms with E-state index in [1.54, 1.807) is 55.8 Å². The van der Waals surface area contributed by atoms with Crippen molar-refractivity contribution in [2.45, 2.75) is 6.42 Å². The standard InChI is InChI=1S/C24H24N2O4/c1-29-15-8-14-25-23(27)20-12-5-6-13-22(20)26-24(28)21(17-19-11-7-16-30-19)18-9-3-2-4-10-18/h2-7,9-13,16-17H,8,14-15H2,1H3,(H,25,27)(H,26,28). The van der Waals surface area contributed by atoms with Crippen LogP contribution in [-0.2, 0) is 9.53 Å². The lowest BCUT2D eigenvalue weighted by atomic mass is 10.0. The molecule has 0 spiro atoms. The zero-order chi connectivity index (χ0) is 21.2. The molecule has 2 aromatic carbocycles. The molecule has 154 valence electrons. The van der Waals surface area contributed by atoms with E-state index < -0.39 is 0 Å². The van der Waals surface area contributed by atoms with E-state index in [4.69, 9.17) is 9.15 Å². The molecular formula is C24H24N2O4. The van der Waals surface area contributed by atoms with Gasteiger partial charge in [-0.05, 0) is 42.3 Å². The first-order valence-corrected chi connectivity index (χ1v) is 9.67. The molecule has 6 nitrogen and oxygen atoms in total. The second-order valence-corrected chi connectivity index (χ2v) is 6.54. The highest BCUT2D eigenvalue weighted by Gasteiger charge is 2.17. The van der Waals surface area contributed by atoms with Crippen LogP contribution in [0.2, 0.25) is 0 Å². The number of carbonyl (C=O) groups excluding carboxylic acids is 2. The summed E-state index contributed by atoms with van der Waals surface area (Å²) in [5.41, 5.74) is 2.01. The zero-order valence-corrected chi connectivity index (χ0v) is 16.8. The highest BCUT2D eigenvalue weighted by molar-refractivity contribution is 6.29. The molecule has 0 aliphatic heterocycles. The number of methoxy groups -OCH3 is 1. The van der Waals surface area contributed by atoms with Crippen LogP contribution in [-0.4, -0.2) is 32.1 Å². The van der Waals surface area contributed by atoms with Crippen molar-refractivity contribution in [3.63, 3.8) is 0 Å². The molecule has 0 saturated heterocycles. The molecule has 0 aliphatic rings. The average molecular weight is 404 g/mol. The minimum Gasteiger partial charge on any atom is -0.465 e. The molecular weight excluding hydrogens is 380 g/mol. The van der Waals surface area contributed by atoms with Crippen LogP contribution in [0.3, 0.4) is 0 Å². The molecule has 0 fully saturated rings. The molecule has 0 aliphatic carbocycles. The molecule has 0 bridgehead atoms. The normalized spacial score (nSPS) is 11.2. The van der Waals surface area contributed by atoms with Gasteiger partial charge in [0.25, 0.3) is 11.8 Å². The molecule has 2 N–H and O–H groups in total. The van der Waals surface area contributed by atoms with Crippen LogP contribution in [0.5, 0.6) is 0 Å². The number of furan rings is 1. The number of hydrogen-bond donors (Lipinski definition) is 2. The number of carbonyl (C=O) groups is 2. The van der Waals surface area contributed by atoms with Crippen molar-refractivity contribution < 1.29 is 18.7 Å². The zero-order valence-electron chi connectivity index (χ0n) is 16.8. The third-order valence-electron chi connectivity index (χ3n) is 4.39. The van der Waals surface area contributed by atoms with Crippen LogP contribution in [0.1, 0.15) is 28.1 Å². The lowest BCUT2D eigenvalue weighted by molar-refractivity contribution is -0.111. The van der Waals surface area contributed by atoms with Crippen molar-refractivity contribution in [2.24, 2.45) is 0 Å². The second-order valence-electron chi connectivity index (χ2n) is 6.54. The van der Waals surface area contributed by atoms with Gasteiger partial charge < -0.3 is 19.8 Å². The van der Waals surface area contributed by atoms with Crippen molar-refractivity contribution in [3.8, 4) is 0 Å². The predicted molar refractivity (Wildman–Crippen MR) is 117 cm³/mol. The van der Waals surface area contributed by atoms with Crippen molar-refractivity contribution >= 4 is 29.2 Å². The maximum atomic E-state index is 13.1. The molecule has 2 amide bonds. The Morgan fingerprint density at radius 3 is 2.50 bits per heavy atom. The highest BCUT2D eigenvalue weighted by atomic mass is 16.5. The van der Waals surface area contributed by atoms with E-state index in [9.17, 15) is 9.59 Å². The highest BCUT2D eigenvalue weighted by Crippen LogP contribution is 2.22. The molecule has 0 unspecified atom stereocenters. The maximum Gasteiger partial charge on any atom is 0.256 e. The number of rotatable bonds is 9. The minimum atomic E-state index is -0.336. The molecule has 0 radical (unpaired) electrons. The van der Waals surface area contributed by atoms with E-state index in [0.717, 1.165) is 5.56 Å². The van der Waals surface area contributed by atoms with Crippen molar-refractivity contribution in [1.82, 2.24) is 5.32 Å². The largest absolute Gasteiger partial charge is 0.465 e. The summed E-state index contributed by atoms with van der Waals surface area (Å²) in [4.78, 5) is 25.7. The van der Waals surface area contributed by atoms with E-state index in [-0.39, 0.29) is 11.8 Å². The van der Waals surface area contributed by atoms with Gasteiger partial charge in [0, 0.05) is 20.3 Å². The summed E-state index contributed by atoms with van der Waals surface area (Å²) in [6.45, 7) is 1.05. The van der Waals surface area contributed by atoms with Gasteiger partial charge in [-0.25, -0.2) is 0 Å². The van der Waals surface area contributed by atoms with Crippen LogP contribution in [0, 0.1) is 0 Å². The number of nitrogens with one attached hydrogen (secondary N) is 2. The van der Waals surface area contributed by atoms with Gasteiger partial charge in [-0.2, -0.15) is 0 Å². The number of hydrogen-bond acceptors (Lipinski definition) is 4. The summed E-state index contributed by atoms with van der Waals surface area (Å²) in [5, 5.41) is 5.71. The smallest absolute Gasteiger partial charge is 0.256 e. The fourth-order valence-corrected chi connectivity index (χ4v) is 2.91. The Kier molecular flexibility index (Phi) is 7.58. The number of para-hydroxylation sites is 1. The van der Waals surface area contributed by atoms with Gasteiger partial charge in [0.1, 0.15) is 5.76 Å². The molecule has 6 heteroatoms. The summed E-state index contributed by atoms with van der Waals surface area (Å²) in [6.07, 6.45) is 3.94. The molecule has 3 rings (SSSR count). The van der Waals surface area contributed by atoms with Crippen molar-refractivity contribution in [3.05, 3.63) is 89.9 Å². The van der Waals surface area contributed by atoms with Crippen LogP contribution in [0.15, 0.2) is 77.4 Å². The molecule has 30 heavy (non-hydrogen) atoms. The molecule has 1 heterocycles. The van der Waals surface area contributed by atoms with Gasteiger partial charge >= 0.3 is 0 Å². The Labute approximate surface area is 175 Å². The maximum absolute atomic E-state index is 13.1. The summed E-state index contributed by atoms with van der Waals surface area (Å²) in [7, 11) is 1.62. The van der Waals surface area contributed by atoms with Gasteiger partial charge in [0.2, 0.25) is 0 Å². The summed E-state index contributed by atoms with van der Waals surface area (Å²) in [6, 6.07) is 19.8. The van der Waals surface area contributed by atoms with Gasteiger partial charge in [0.15, 0.2) is 0 Å². The average Bonchev–Trinajstić information content (AvgIpc) is 3.29. The first-order chi connectivity index (χ1) is 14.7. The topological polar surface area (TPSA) is 80.6 Å². The van der Waals surface area contributed by atoms with E-state index in [2.05, 4.69) is 10.6 Å². The Balaban J connectivity index is 1.82. The fraction of sp³-hybridized carbons (Fsp3) is 0.167. The number of amides is 2. The quantitative estimate of drug-likeness (QED) is 0.413. The minimum absolute atomic E-state index is 0.252. The molecule has 1 aromatic heterocycles. The number of ether oxygens (including phenoxy) is 1. The Hall–Kier alpha value is -3.64. The van der Waals surface area contributed by atoms with Crippen LogP contribution < -0.4 is 10.6 Å². The van der Waals surface area contributed by atoms with E-state index >= 15 is 0 Å². The first kappa shape index (κ1) is 21.1. The third kappa shape index (κ3) is 5.68. The first-order valence-electron chi connectivity index (χ1n) is 9.67. The van der Waals surface area contributed by atoms with Crippen molar-refractivity contribution in [2.75, 3.05) is 25.6 Å². The van der Waals surface area contributed by atoms with Crippen LogP contribution in [0.4, 0.5) is 5.69 Å². The summed E-state index contributed by atoms with van der Waals surface area (Å²) < 4.78 is 10.4. The monoisotopic (exact) mass is 404 g/mol. The van der Waals surface area contributed by atoms with Gasteiger partial charge in [0.05, 0.1) is 23.1 Å². The third-order valence-corrected chi connectivity index (χ3v) is 4.39. The lowest BCUT2D eigenvalue weighted by Crippen LogP contribution is -2.27.